The second kappa shape index (κ2) is 5.85. The number of carbonyl (C=O) groups is 1. The number of benzene rings is 1. The number of hydrogen-bond donors (Lipinski definition) is 1. The van der Waals surface area contributed by atoms with E-state index in [1.165, 1.54) is 12.8 Å². The topological polar surface area (TPSA) is 35.6 Å². The first-order valence-electron chi connectivity index (χ1n) is 7.55. The molecule has 1 aromatic rings. The molecule has 4 nitrogen and oxygen atoms in total. The molecule has 2 bridgehead atoms. The fourth-order valence-electron chi connectivity index (χ4n) is 3.44. The lowest BCUT2D eigenvalue weighted by molar-refractivity contribution is 0.166. The van der Waals surface area contributed by atoms with Gasteiger partial charge in [-0.25, -0.2) is 4.79 Å². The third-order valence-electron chi connectivity index (χ3n) is 4.70. The number of amides is 2. The summed E-state index contributed by atoms with van der Waals surface area (Å²) in [5, 5.41) is 3.72. The molecule has 2 atom stereocenters. The Hall–Kier alpha value is -1.26. The predicted molar refractivity (Wildman–Crippen MR) is 85.9 cm³/mol. The zero-order valence-electron chi connectivity index (χ0n) is 12.6. The smallest absolute Gasteiger partial charge is 0.321 e. The fraction of sp³-hybridized carbons (Fsp3) is 0.562. The maximum absolute atomic E-state index is 12.5. The highest BCUT2D eigenvalue weighted by Gasteiger charge is 2.34. The van der Waals surface area contributed by atoms with Gasteiger partial charge in [-0.1, -0.05) is 11.6 Å². The summed E-state index contributed by atoms with van der Waals surface area (Å²) < 4.78 is 0. The fourth-order valence-corrected chi connectivity index (χ4v) is 3.67. The van der Waals surface area contributed by atoms with Crippen molar-refractivity contribution in [3.8, 4) is 0 Å². The minimum atomic E-state index is 0.00706. The highest BCUT2D eigenvalue weighted by atomic mass is 35.5. The van der Waals surface area contributed by atoms with E-state index in [-0.39, 0.29) is 6.03 Å². The van der Waals surface area contributed by atoms with Gasteiger partial charge in [0, 0.05) is 36.4 Å². The van der Waals surface area contributed by atoms with E-state index in [1.807, 2.05) is 30.0 Å². The molecule has 3 aliphatic rings. The standard InChI is InChI=1S/C16H22ClN3O/c1-11-7-13(17)4-6-15(11)18-16(21)20-9-12-3-5-14(10-20)19(2)8-12/h4,6-7,12,14H,3,5,8-10H2,1-2H3,(H,18,21)/t12-,14-/m1/s1. The number of urea groups is 1. The number of fused-ring (bicyclic) bond motifs is 4. The molecule has 114 valence electrons. The number of nitrogens with zero attached hydrogens (tertiary/aromatic N) is 2. The summed E-state index contributed by atoms with van der Waals surface area (Å²) in [6, 6.07) is 6.06. The van der Waals surface area contributed by atoms with Gasteiger partial charge in [-0.3, -0.25) is 0 Å². The molecule has 3 saturated heterocycles. The minimum absolute atomic E-state index is 0.00706. The van der Waals surface area contributed by atoms with Gasteiger partial charge >= 0.3 is 6.03 Å². The Bertz CT molecular complexity index is 548. The molecule has 3 heterocycles. The lowest BCUT2D eigenvalue weighted by atomic mass is 9.96. The molecule has 0 saturated carbocycles. The van der Waals surface area contributed by atoms with Crippen LogP contribution in [0.1, 0.15) is 18.4 Å². The van der Waals surface area contributed by atoms with Crippen LogP contribution in [0.15, 0.2) is 18.2 Å². The highest BCUT2D eigenvalue weighted by Crippen LogP contribution is 2.27. The van der Waals surface area contributed by atoms with Crippen LogP contribution >= 0.6 is 11.6 Å². The summed E-state index contributed by atoms with van der Waals surface area (Å²) in [6.45, 7) is 4.75. The van der Waals surface area contributed by atoms with Crippen LogP contribution in [0.5, 0.6) is 0 Å². The maximum atomic E-state index is 12.5. The molecule has 4 rings (SSSR count). The third-order valence-corrected chi connectivity index (χ3v) is 4.94. The SMILES string of the molecule is Cc1cc(Cl)ccc1NC(=O)N1C[C@@H]2CC[C@H](C1)N(C)C2. The summed E-state index contributed by atoms with van der Waals surface area (Å²) in [6.07, 6.45) is 2.43. The maximum Gasteiger partial charge on any atom is 0.321 e. The van der Waals surface area contributed by atoms with E-state index >= 15 is 0 Å². The van der Waals surface area contributed by atoms with Crippen LogP contribution in [-0.4, -0.2) is 48.6 Å². The summed E-state index contributed by atoms with van der Waals surface area (Å²) in [7, 11) is 2.17. The van der Waals surface area contributed by atoms with Crippen molar-refractivity contribution in [3.63, 3.8) is 0 Å². The van der Waals surface area contributed by atoms with Crippen LogP contribution in [0.2, 0.25) is 5.02 Å². The molecule has 0 radical (unpaired) electrons. The monoisotopic (exact) mass is 307 g/mol. The Balaban J connectivity index is 1.70. The van der Waals surface area contributed by atoms with E-state index in [0.717, 1.165) is 30.9 Å². The molecule has 0 spiro atoms. The number of nitrogens with one attached hydrogen (secondary N) is 1. The zero-order chi connectivity index (χ0) is 15.0. The zero-order valence-corrected chi connectivity index (χ0v) is 13.4. The molecule has 21 heavy (non-hydrogen) atoms. The predicted octanol–water partition coefficient (Wildman–Crippen LogP) is 3.21. The normalized spacial score (nSPS) is 25.8. The van der Waals surface area contributed by atoms with Crippen LogP contribution in [0.25, 0.3) is 0 Å². The molecule has 2 amide bonds. The number of piperidine rings is 1. The van der Waals surface area contributed by atoms with E-state index in [9.17, 15) is 4.79 Å². The molecule has 0 aromatic heterocycles. The van der Waals surface area contributed by atoms with E-state index in [4.69, 9.17) is 11.6 Å². The van der Waals surface area contributed by atoms with Gasteiger partial charge in [-0.05, 0) is 56.5 Å². The lowest BCUT2D eigenvalue weighted by Crippen LogP contribution is -2.42. The van der Waals surface area contributed by atoms with Gasteiger partial charge in [0.15, 0.2) is 0 Å². The average molecular weight is 308 g/mol. The van der Waals surface area contributed by atoms with Crippen molar-refractivity contribution in [2.45, 2.75) is 25.8 Å². The summed E-state index contributed by atoms with van der Waals surface area (Å²) in [4.78, 5) is 16.9. The van der Waals surface area contributed by atoms with Crippen molar-refractivity contribution in [3.05, 3.63) is 28.8 Å². The van der Waals surface area contributed by atoms with Crippen molar-refractivity contribution in [2.24, 2.45) is 5.92 Å². The Morgan fingerprint density at radius 1 is 1.29 bits per heavy atom. The highest BCUT2D eigenvalue weighted by molar-refractivity contribution is 6.30. The molecule has 1 aromatic carbocycles. The van der Waals surface area contributed by atoms with Crippen LogP contribution in [0.3, 0.4) is 0 Å². The molecule has 1 N–H and O–H groups in total. The number of rotatable bonds is 1. The minimum Gasteiger partial charge on any atom is -0.323 e. The van der Waals surface area contributed by atoms with Gasteiger partial charge in [-0.15, -0.1) is 0 Å². The number of hydrogen-bond acceptors (Lipinski definition) is 2. The van der Waals surface area contributed by atoms with Gasteiger partial charge in [-0.2, -0.15) is 0 Å². The van der Waals surface area contributed by atoms with Crippen molar-refractivity contribution in [2.75, 3.05) is 32.0 Å². The van der Waals surface area contributed by atoms with Gasteiger partial charge in [0.1, 0.15) is 0 Å². The molecule has 3 aliphatic heterocycles. The lowest BCUT2D eigenvalue weighted by Gasteiger charge is -2.32. The summed E-state index contributed by atoms with van der Waals surface area (Å²) in [5.41, 5.74) is 1.83. The second-order valence-corrected chi connectivity index (χ2v) is 6.77. The molecular weight excluding hydrogens is 286 g/mol. The Morgan fingerprint density at radius 2 is 2.10 bits per heavy atom. The van der Waals surface area contributed by atoms with Crippen molar-refractivity contribution >= 4 is 23.3 Å². The number of likely N-dealkylation sites (N-methyl/N-ethyl adjacent to an activating group) is 1. The van der Waals surface area contributed by atoms with Gasteiger partial charge in [0.25, 0.3) is 0 Å². The van der Waals surface area contributed by atoms with E-state index in [1.54, 1.807) is 0 Å². The van der Waals surface area contributed by atoms with Crippen LogP contribution in [0, 0.1) is 12.8 Å². The molecular formula is C16H22ClN3O. The molecule has 0 aliphatic carbocycles. The number of aryl methyl sites for hydroxylation is 1. The average Bonchev–Trinajstić information content (AvgIpc) is 2.73. The van der Waals surface area contributed by atoms with Gasteiger partial charge in [0.2, 0.25) is 0 Å². The Kier molecular flexibility index (Phi) is 4.09. The summed E-state index contributed by atoms with van der Waals surface area (Å²) >= 11 is 5.96. The third kappa shape index (κ3) is 3.16. The number of halogens is 1. The van der Waals surface area contributed by atoms with Gasteiger partial charge < -0.3 is 15.1 Å². The van der Waals surface area contributed by atoms with E-state index in [2.05, 4.69) is 17.3 Å². The van der Waals surface area contributed by atoms with Crippen LogP contribution in [0.4, 0.5) is 10.5 Å². The number of carbonyl (C=O) groups excluding carboxylic acids is 1. The Labute approximate surface area is 131 Å². The number of anilines is 1. The first-order valence-corrected chi connectivity index (χ1v) is 7.93. The second-order valence-electron chi connectivity index (χ2n) is 6.33. The van der Waals surface area contributed by atoms with Gasteiger partial charge in [0.05, 0.1) is 0 Å². The van der Waals surface area contributed by atoms with E-state index < -0.39 is 0 Å². The van der Waals surface area contributed by atoms with E-state index in [0.29, 0.717) is 17.0 Å². The largest absolute Gasteiger partial charge is 0.323 e. The first-order chi connectivity index (χ1) is 10.0. The van der Waals surface area contributed by atoms with Crippen molar-refractivity contribution in [1.82, 2.24) is 9.80 Å². The van der Waals surface area contributed by atoms with Crippen molar-refractivity contribution in [1.29, 1.82) is 0 Å². The summed E-state index contributed by atoms with van der Waals surface area (Å²) in [5.74, 6) is 0.603. The molecule has 0 unspecified atom stereocenters. The molecule has 3 fully saturated rings. The quantitative estimate of drug-likeness (QED) is 0.865. The van der Waals surface area contributed by atoms with Crippen molar-refractivity contribution < 1.29 is 4.79 Å². The first kappa shape index (κ1) is 14.7. The van der Waals surface area contributed by atoms with Crippen LogP contribution < -0.4 is 5.32 Å². The van der Waals surface area contributed by atoms with Crippen LogP contribution in [-0.2, 0) is 0 Å². The molecule has 5 heteroatoms. The Morgan fingerprint density at radius 3 is 2.81 bits per heavy atom.